The molecule has 0 amide bonds. The van der Waals surface area contributed by atoms with Crippen LogP contribution in [0.3, 0.4) is 0 Å². The predicted molar refractivity (Wildman–Crippen MR) is 251 cm³/mol. The van der Waals surface area contributed by atoms with Gasteiger partial charge in [0.25, 0.3) is 0 Å². The summed E-state index contributed by atoms with van der Waals surface area (Å²) >= 11 is 0.777. The largest absolute Gasteiger partial charge is 0.394 e. The molecule has 1 aromatic heterocycles. The van der Waals surface area contributed by atoms with Crippen LogP contribution in [0.15, 0.2) is 17.6 Å². The molecule has 22 rings (SSSR count). The number of nitrogens with zero attached hydrogens (tertiary/aromatic N) is 1. The highest BCUT2D eigenvalue weighted by Crippen LogP contribution is 2.41. The van der Waals surface area contributed by atoms with E-state index in [9.17, 15) is 102 Å². The van der Waals surface area contributed by atoms with Crippen molar-refractivity contribution in [1.29, 1.82) is 0 Å². The van der Waals surface area contributed by atoms with Crippen molar-refractivity contribution in [3.63, 3.8) is 0 Å². The summed E-state index contributed by atoms with van der Waals surface area (Å²) in [4.78, 5) is 6.96. The Morgan fingerprint density at radius 1 is 0.293 bits per heavy atom. The van der Waals surface area contributed by atoms with E-state index in [1.54, 1.807) is 0 Å². The maximum atomic E-state index is 12.0. The van der Waals surface area contributed by atoms with Gasteiger partial charge in [0.05, 0.1) is 51.5 Å². The molecule has 21 saturated heterocycles. The van der Waals surface area contributed by atoms with Crippen molar-refractivity contribution in [3.05, 3.63) is 12.4 Å². The third kappa shape index (κ3) is 12.7. The fraction of sp³-hybridized carbons (Fsp3) is 0.933. The van der Waals surface area contributed by atoms with Gasteiger partial charge in [-0.05, 0) is 0 Å². The Labute approximate surface area is 467 Å². The monoisotopic (exact) mass is 1220 g/mol. The van der Waals surface area contributed by atoms with Crippen LogP contribution in [0.2, 0.25) is 0 Å². The summed E-state index contributed by atoms with van der Waals surface area (Å²) in [5, 5.41) is 221. The van der Waals surface area contributed by atoms with Gasteiger partial charge in [-0.3, -0.25) is 0 Å². The molecule has 21 aliphatic heterocycles. The van der Waals surface area contributed by atoms with Crippen LogP contribution in [-0.4, -0.2) is 372 Å². The van der Waals surface area contributed by atoms with Gasteiger partial charge in [-0.25, -0.2) is 4.98 Å². The van der Waals surface area contributed by atoms with E-state index in [-0.39, 0.29) is 5.16 Å². The second-order valence-corrected chi connectivity index (χ2v) is 21.8. The summed E-state index contributed by atoms with van der Waals surface area (Å²) in [6.07, 6.45) is -64.0. The lowest BCUT2D eigenvalue weighted by molar-refractivity contribution is -0.396. The Balaban J connectivity index is 1.02. The van der Waals surface area contributed by atoms with Crippen molar-refractivity contribution in [1.82, 2.24) is 9.97 Å². The van der Waals surface area contributed by atoms with Crippen LogP contribution < -0.4 is 0 Å². The molecule has 37 heteroatoms. The number of rotatable bonds is 9. The molecular formula is C45H72N2O34S. The van der Waals surface area contributed by atoms with Gasteiger partial charge in [0, 0.05) is 12.4 Å². The average Bonchev–Trinajstić information content (AvgIpc) is 3.47. The van der Waals surface area contributed by atoms with Crippen LogP contribution in [-0.2, 0) is 66.3 Å². The molecule has 21 fully saturated rings. The number of thioether (sulfide) groups is 1. The Morgan fingerprint density at radius 3 is 0.707 bits per heavy atom. The van der Waals surface area contributed by atoms with Crippen molar-refractivity contribution in [2.75, 3.05) is 46.2 Å². The van der Waals surface area contributed by atoms with E-state index < -0.39 is 260 Å². The lowest BCUT2D eigenvalue weighted by Gasteiger charge is -2.50. The molecule has 21 aliphatic rings. The SMILES string of the molecule is OC[C@H]1O[C@@H]2O[C@H]3[C@H](O)[C@@H](O)[C@@H](O[C@H]4[C@H](O)[C@@H](O)[C@@H](O[C@H]5[C@H](Sc6ncc[nH]6)[C@@H](O)[C@@H](O[C@H]6[C@H](O)[C@@H](O)[C@@H](O[C@H]7[C@H](O)[C@@H](O)[C@@H](O[C@H]8[C@H](O)[C@@H](O)[C@@H](O[C@H]1[C@H](O)[C@H]2O)O[C@@H]8CO)O[C@@H]7CO)O[C@@H]6CO)O[C@@H]5CO)O[C@@H]4CO)O[C@@H]3CO. The molecule has 14 bridgehead atoms. The number of H-pyrrole nitrogens is 1. The highest BCUT2D eigenvalue weighted by Gasteiger charge is 2.60. The molecule has 36 nitrogen and oxygen atoms in total. The minimum Gasteiger partial charge on any atom is -0.394 e. The van der Waals surface area contributed by atoms with Gasteiger partial charge in [0.15, 0.2) is 49.2 Å². The highest BCUT2D eigenvalue weighted by molar-refractivity contribution is 7.99. The zero-order valence-corrected chi connectivity index (χ0v) is 43.6. The first kappa shape index (κ1) is 64.7. The van der Waals surface area contributed by atoms with E-state index in [0.29, 0.717) is 0 Å². The first-order chi connectivity index (χ1) is 39.2. The van der Waals surface area contributed by atoms with E-state index in [4.69, 9.17) is 66.3 Å². The second kappa shape index (κ2) is 27.7. The Bertz CT molecular complexity index is 2110. The van der Waals surface area contributed by atoms with Crippen molar-refractivity contribution in [3.8, 4) is 0 Å². The molecule has 21 N–H and O–H groups in total. The maximum absolute atomic E-state index is 12.0. The zero-order valence-electron chi connectivity index (χ0n) is 42.8. The fourth-order valence-electron chi connectivity index (χ4n) is 11.0. The molecule has 0 spiro atoms. The molecule has 82 heavy (non-hydrogen) atoms. The molecule has 35 atom stereocenters. The molecule has 0 unspecified atom stereocenters. The average molecular weight is 1220 g/mol. The number of imidazole rings is 1. The van der Waals surface area contributed by atoms with Crippen LogP contribution in [0.1, 0.15) is 0 Å². The zero-order chi connectivity index (χ0) is 59.2. The molecule has 22 heterocycles. The van der Waals surface area contributed by atoms with Crippen molar-refractivity contribution in [2.45, 2.75) is 219 Å². The van der Waals surface area contributed by atoms with E-state index >= 15 is 0 Å². The van der Waals surface area contributed by atoms with Crippen molar-refractivity contribution in [2.24, 2.45) is 0 Å². The normalized spacial score (nSPS) is 52.7. The Kier molecular flexibility index (Phi) is 21.9. The standard InChI is InChI=1S/C45H72N2O34S/c48-3-10-30-18(56)24(62)39(69-10)77-32-12(5-50)71-41(26(64)20(32)58)79-34-14(7-52)73-43(28(66)22(34)60)81-36-16(9-54)74-44(29(67)37(36)82-45-46-1-2-47-45)80-35-15(8-53)72-42(27(65)21(35)59)78-33-13(6-51)70-40(25(63)19(33)57)76-31-11(4-49)68-38(75-30)23(61)17(31)55/h1-2,10-44,48-67H,3-9H2,(H,46,47)/t10-,11-,12-,13-,14-,15-,16-,17-,18-,19-,20-,21-,22-,23-,24-,25-,26-,27-,28-,29-,30-,31-,32-,33-,34-,35-,36-,37-,38-,39-,40-,41-,42-,43-,44-/m1/s1. The molecule has 0 aliphatic carbocycles. The summed E-state index contributed by atoms with van der Waals surface area (Å²) < 4.78 is 81.3. The molecule has 0 aromatic carbocycles. The summed E-state index contributed by atoms with van der Waals surface area (Å²) in [6, 6.07) is 0. The van der Waals surface area contributed by atoms with Crippen LogP contribution in [0, 0.1) is 0 Å². The van der Waals surface area contributed by atoms with Crippen LogP contribution >= 0.6 is 11.8 Å². The smallest absolute Gasteiger partial charge is 0.187 e. The van der Waals surface area contributed by atoms with Crippen molar-refractivity contribution >= 4 is 11.8 Å². The van der Waals surface area contributed by atoms with Gasteiger partial charge in [0.2, 0.25) is 0 Å². The van der Waals surface area contributed by atoms with Gasteiger partial charge >= 0.3 is 0 Å². The topological polar surface area (TPSA) is 563 Å². The number of hydrogen-bond acceptors (Lipinski definition) is 36. The molecular weight excluding hydrogens is 1140 g/mol. The van der Waals surface area contributed by atoms with E-state index in [2.05, 4.69) is 9.97 Å². The van der Waals surface area contributed by atoms with Crippen LogP contribution in [0.4, 0.5) is 0 Å². The number of aromatic nitrogens is 2. The summed E-state index contributed by atoms with van der Waals surface area (Å²) in [5.41, 5.74) is 0. The number of ether oxygens (including phenoxy) is 14. The van der Waals surface area contributed by atoms with Gasteiger partial charge in [-0.1, -0.05) is 11.8 Å². The summed E-state index contributed by atoms with van der Waals surface area (Å²) in [6.45, 7) is -7.15. The minimum absolute atomic E-state index is 0.126. The quantitative estimate of drug-likeness (QED) is 0.109. The lowest BCUT2D eigenvalue weighted by atomic mass is 9.95. The molecule has 0 radical (unpaired) electrons. The number of aliphatic hydroxyl groups is 20. The van der Waals surface area contributed by atoms with E-state index in [1.165, 1.54) is 12.4 Å². The number of nitrogens with one attached hydrogen (secondary N) is 1. The van der Waals surface area contributed by atoms with Crippen LogP contribution in [0.5, 0.6) is 0 Å². The summed E-state index contributed by atoms with van der Waals surface area (Å²) in [5.74, 6) is 0. The van der Waals surface area contributed by atoms with Crippen LogP contribution in [0.25, 0.3) is 0 Å². The number of aliphatic hydroxyl groups excluding tert-OH is 20. The number of aromatic amines is 1. The Hall–Kier alpha value is -1.80. The highest BCUT2D eigenvalue weighted by atomic mass is 32.2. The predicted octanol–water partition coefficient (Wildman–Crippen LogP) is -13.7. The van der Waals surface area contributed by atoms with Gasteiger partial charge in [0.1, 0.15) is 165 Å². The molecule has 1 aromatic rings. The molecule has 0 saturated carbocycles. The summed E-state index contributed by atoms with van der Waals surface area (Å²) in [7, 11) is 0. The first-order valence-electron chi connectivity index (χ1n) is 26.2. The third-order valence-electron chi connectivity index (χ3n) is 15.5. The fourth-order valence-corrected chi connectivity index (χ4v) is 12.1. The van der Waals surface area contributed by atoms with Gasteiger partial charge in [-0.15, -0.1) is 0 Å². The van der Waals surface area contributed by atoms with Gasteiger partial charge < -0.3 is 173 Å². The Morgan fingerprint density at radius 2 is 0.500 bits per heavy atom. The minimum atomic E-state index is -2.21. The van der Waals surface area contributed by atoms with Gasteiger partial charge in [-0.2, -0.15) is 0 Å². The maximum Gasteiger partial charge on any atom is 0.187 e. The lowest BCUT2D eigenvalue weighted by Crippen LogP contribution is -2.68. The van der Waals surface area contributed by atoms with E-state index in [1.807, 2.05) is 0 Å². The second-order valence-electron chi connectivity index (χ2n) is 20.6. The third-order valence-corrected chi connectivity index (χ3v) is 16.7. The first-order valence-corrected chi connectivity index (χ1v) is 27.0. The van der Waals surface area contributed by atoms with Crippen molar-refractivity contribution < 1.29 is 168 Å². The molecule has 472 valence electrons. The van der Waals surface area contributed by atoms with E-state index in [0.717, 1.165) is 11.8 Å². The number of hydrogen-bond donors (Lipinski definition) is 21.